The number of benzene rings is 1. The van der Waals surface area contributed by atoms with Crippen molar-refractivity contribution in [2.75, 3.05) is 27.2 Å². The Morgan fingerprint density at radius 2 is 2.00 bits per heavy atom. The number of imidazole rings is 1. The van der Waals surface area contributed by atoms with Crippen LogP contribution in [-0.4, -0.2) is 58.5 Å². The number of aryl methyl sites for hydroxylation is 1. The Labute approximate surface area is 149 Å². The van der Waals surface area contributed by atoms with Crippen molar-refractivity contribution in [3.8, 4) is 5.75 Å². The predicted octanol–water partition coefficient (Wildman–Crippen LogP) is 2.02. The number of aromatic nitrogens is 2. The lowest BCUT2D eigenvalue weighted by Crippen LogP contribution is -2.35. The summed E-state index contributed by atoms with van der Waals surface area (Å²) < 4.78 is 7.67. The van der Waals surface area contributed by atoms with Crippen LogP contribution >= 0.6 is 0 Å². The first kappa shape index (κ1) is 17.5. The summed E-state index contributed by atoms with van der Waals surface area (Å²) in [6.45, 7) is 4.20. The minimum Gasteiger partial charge on any atom is -0.486 e. The minimum absolute atomic E-state index is 0.0897. The first-order chi connectivity index (χ1) is 12.0. The third-order valence-electron chi connectivity index (χ3n) is 4.91. The number of carbonyl (C=O) groups is 1. The first-order valence-corrected chi connectivity index (χ1v) is 8.60. The maximum atomic E-state index is 12.7. The Balaban J connectivity index is 1.60. The van der Waals surface area contributed by atoms with Crippen molar-refractivity contribution >= 4 is 5.91 Å². The van der Waals surface area contributed by atoms with Crippen LogP contribution in [0.1, 0.15) is 23.1 Å². The largest absolute Gasteiger partial charge is 0.486 e. The molecule has 1 aromatic carbocycles. The molecule has 2 unspecified atom stereocenters. The molecule has 1 saturated heterocycles. The van der Waals surface area contributed by atoms with Crippen molar-refractivity contribution in [1.29, 1.82) is 0 Å². The van der Waals surface area contributed by atoms with Crippen molar-refractivity contribution in [3.05, 3.63) is 48.0 Å². The number of nitrogens with zero attached hydrogens (tertiary/aromatic N) is 4. The second-order valence-corrected chi connectivity index (χ2v) is 6.99. The minimum atomic E-state index is 0.0897. The van der Waals surface area contributed by atoms with Gasteiger partial charge in [0.25, 0.3) is 5.91 Å². The molecule has 2 aromatic rings. The van der Waals surface area contributed by atoms with Gasteiger partial charge in [-0.15, -0.1) is 0 Å². The van der Waals surface area contributed by atoms with Crippen LogP contribution in [0.3, 0.4) is 0 Å². The third-order valence-corrected chi connectivity index (χ3v) is 4.91. The molecule has 134 valence electrons. The smallest absolute Gasteiger partial charge is 0.253 e. The van der Waals surface area contributed by atoms with Gasteiger partial charge >= 0.3 is 0 Å². The van der Waals surface area contributed by atoms with E-state index in [1.54, 1.807) is 6.20 Å². The number of carbonyl (C=O) groups excluding carboxylic acids is 1. The molecule has 1 aliphatic heterocycles. The molecular formula is C19H26N4O2. The molecule has 0 radical (unpaired) electrons. The van der Waals surface area contributed by atoms with E-state index in [0.717, 1.165) is 24.7 Å². The molecule has 6 nitrogen and oxygen atoms in total. The highest BCUT2D eigenvalue weighted by Gasteiger charge is 2.33. The Bertz CT molecular complexity index is 723. The highest BCUT2D eigenvalue weighted by Crippen LogP contribution is 2.23. The van der Waals surface area contributed by atoms with Gasteiger partial charge in [0.15, 0.2) is 0 Å². The second kappa shape index (κ2) is 7.27. The lowest BCUT2D eigenvalue weighted by atomic mass is 10.1. The molecule has 1 aliphatic rings. The van der Waals surface area contributed by atoms with E-state index in [1.807, 2.05) is 47.0 Å². The van der Waals surface area contributed by atoms with Crippen LogP contribution in [0.4, 0.5) is 0 Å². The van der Waals surface area contributed by atoms with Gasteiger partial charge in [-0.25, -0.2) is 4.98 Å². The molecular weight excluding hydrogens is 316 g/mol. The summed E-state index contributed by atoms with van der Waals surface area (Å²) in [4.78, 5) is 21.1. The van der Waals surface area contributed by atoms with Crippen LogP contribution in [0.2, 0.25) is 0 Å². The van der Waals surface area contributed by atoms with Crippen molar-refractivity contribution < 1.29 is 9.53 Å². The Kier molecular flexibility index (Phi) is 5.08. The highest BCUT2D eigenvalue weighted by atomic mass is 16.5. The van der Waals surface area contributed by atoms with E-state index < -0.39 is 0 Å². The van der Waals surface area contributed by atoms with E-state index >= 15 is 0 Å². The van der Waals surface area contributed by atoms with Gasteiger partial charge in [0.2, 0.25) is 0 Å². The van der Waals surface area contributed by atoms with E-state index in [4.69, 9.17) is 4.74 Å². The van der Waals surface area contributed by atoms with Crippen molar-refractivity contribution in [2.45, 2.75) is 19.6 Å². The average molecular weight is 342 g/mol. The van der Waals surface area contributed by atoms with Crippen LogP contribution in [0.15, 0.2) is 36.7 Å². The molecule has 1 amide bonds. The molecule has 1 aromatic heterocycles. The normalized spacial score (nSPS) is 20.3. The summed E-state index contributed by atoms with van der Waals surface area (Å²) in [5.74, 6) is 2.17. The van der Waals surface area contributed by atoms with E-state index in [2.05, 4.69) is 30.9 Å². The molecule has 2 heterocycles. The number of hydrogen-bond acceptors (Lipinski definition) is 4. The van der Waals surface area contributed by atoms with Gasteiger partial charge in [-0.3, -0.25) is 4.79 Å². The summed E-state index contributed by atoms with van der Waals surface area (Å²) in [6.07, 6.45) is 3.64. The van der Waals surface area contributed by atoms with Crippen LogP contribution in [-0.2, 0) is 13.7 Å². The molecule has 6 heteroatoms. The highest BCUT2D eigenvalue weighted by molar-refractivity contribution is 5.94. The Hall–Kier alpha value is -2.34. The monoisotopic (exact) mass is 342 g/mol. The van der Waals surface area contributed by atoms with Crippen molar-refractivity contribution in [3.63, 3.8) is 0 Å². The van der Waals surface area contributed by atoms with Crippen LogP contribution in [0.5, 0.6) is 5.75 Å². The summed E-state index contributed by atoms with van der Waals surface area (Å²) in [5.41, 5.74) is 0.705. The van der Waals surface area contributed by atoms with Gasteiger partial charge in [-0.2, -0.15) is 0 Å². The zero-order valence-electron chi connectivity index (χ0n) is 15.3. The summed E-state index contributed by atoms with van der Waals surface area (Å²) in [6, 6.07) is 7.79. The van der Waals surface area contributed by atoms with Gasteiger partial charge < -0.3 is 19.1 Å². The van der Waals surface area contributed by atoms with E-state index in [-0.39, 0.29) is 5.91 Å². The predicted molar refractivity (Wildman–Crippen MR) is 96.5 cm³/mol. The zero-order chi connectivity index (χ0) is 18.0. The summed E-state index contributed by atoms with van der Waals surface area (Å²) >= 11 is 0. The topological polar surface area (TPSA) is 50.6 Å². The summed E-state index contributed by atoms with van der Waals surface area (Å²) in [7, 11) is 6.08. The number of rotatable bonds is 5. The lowest BCUT2D eigenvalue weighted by Gasteiger charge is -2.22. The molecule has 3 rings (SSSR count). The maximum Gasteiger partial charge on any atom is 0.253 e. The molecule has 0 bridgehead atoms. The number of hydrogen-bond donors (Lipinski definition) is 0. The number of likely N-dealkylation sites (N-methyl/N-ethyl adjacent to an activating group) is 1. The molecule has 1 fully saturated rings. The maximum absolute atomic E-state index is 12.7. The van der Waals surface area contributed by atoms with Gasteiger partial charge in [-0.1, -0.05) is 6.92 Å². The van der Waals surface area contributed by atoms with Crippen LogP contribution in [0.25, 0.3) is 0 Å². The number of amides is 1. The van der Waals surface area contributed by atoms with Gasteiger partial charge in [0.05, 0.1) is 0 Å². The van der Waals surface area contributed by atoms with Crippen LogP contribution < -0.4 is 4.74 Å². The number of likely N-dealkylation sites (tertiary alicyclic amines) is 1. The zero-order valence-corrected chi connectivity index (χ0v) is 15.3. The second-order valence-electron chi connectivity index (χ2n) is 6.99. The number of ether oxygens (including phenoxy) is 1. The fourth-order valence-electron chi connectivity index (χ4n) is 3.35. The Morgan fingerprint density at radius 3 is 2.56 bits per heavy atom. The Morgan fingerprint density at radius 1 is 1.28 bits per heavy atom. The third kappa shape index (κ3) is 3.85. The molecule has 0 N–H and O–H groups in total. The van der Waals surface area contributed by atoms with Crippen molar-refractivity contribution in [2.24, 2.45) is 13.0 Å². The molecule has 2 atom stereocenters. The molecule has 25 heavy (non-hydrogen) atoms. The SMILES string of the molecule is CC1CN(C(=O)c2ccc(OCc3nccn3C)cc2)CC1N(C)C. The first-order valence-electron chi connectivity index (χ1n) is 8.60. The molecule has 0 saturated carbocycles. The summed E-state index contributed by atoms with van der Waals surface area (Å²) in [5, 5.41) is 0. The fraction of sp³-hybridized carbons (Fsp3) is 0.474. The van der Waals surface area contributed by atoms with Gasteiger partial charge in [-0.05, 0) is 44.3 Å². The van der Waals surface area contributed by atoms with Gasteiger partial charge in [0, 0.05) is 44.1 Å². The van der Waals surface area contributed by atoms with Crippen molar-refractivity contribution in [1.82, 2.24) is 19.4 Å². The standard InChI is InChI=1S/C19H26N4O2/c1-14-11-23(12-17(14)21(2)3)19(24)15-5-7-16(8-6-15)25-13-18-20-9-10-22(18)4/h5-10,14,17H,11-13H2,1-4H3. The fourth-order valence-corrected chi connectivity index (χ4v) is 3.35. The lowest BCUT2D eigenvalue weighted by molar-refractivity contribution is 0.0781. The molecule has 0 aliphatic carbocycles. The van der Waals surface area contributed by atoms with Crippen LogP contribution in [0, 0.1) is 5.92 Å². The van der Waals surface area contributed by atoms with E-state index in [0.29, 0.717) is 24.1 Å². The average Bonchev–Trinajstić information content (AvgIpc) is 3.18. The quantitative estimate of drug-likeness (QED) is 0.834. The molecule has 0 spiro atoms. The van der Waals surface area contributed by atoms with E-state index in [9.17, 15) is 4.79 Å². The van der Waals surface area contributed by atoms with Gasteiger partial charge in [0.1, 0.15) is 18.2 Å². The van der Waals surface area contributed by atoms with E-state index in [1.165, 1.54) is 0 Å².